The molecule has 0 saturated heterocycles. The van der Waals surface area contributed by atoms with Gasteiger partial charge < -0.3 is 5.32 Å². The second-order valence-electron chi connectivity index (χ2n) is 4.33. The predicted octanol–water partition coefficient (Wildman–Crippen LogP) is 3.25. The Morgan fingerprint density at radius 3 is 2.83 bits per heavy atom. The molecule has 0 radical (unpaired) electrons. The standard InChI is InChI=1S/C14H18ClN3/c1-4-16-8-12-9-17-18(11(12)3)14-7-5-6-13(15)10(14)2/h5-7,9,16H,4,8H2,1-3H3. The molecule has 1 heterocycles. The van der Waals surface area contributed by atoms with E-state index in [2.05, 4.69) is 24.3 Å². The Morgan fingerprint density at radius 2 is 2.11 bits per heavy atom. The van der Waals surface area contributed by atoms with Gasteiger partial charge in [0.15, 0.2) is 0 Å². The van der Waals surface area contributed by atoms with Crippen LogP contribution < -0.4 is 5.32 Å². The van der Waals surface area contributed by atoms with E-state index in [0.717, 1.165) is 35.1 Å². The quantitative estimate of drug-likeness (QED) is 0.918. The molecule has 0 unspecified atom stereocenters. The second kappa shape index (κ2) is 5.55. The Labute approximate surface area is 113 Å². The summed E-state index contributed by atoms with van der Waals surface area (Å²) in [5, 5.41) is 8.55. The molecule has 3 nitrogen and oxygen atoms in total. The van der Waals surface area contributed by atoms with Crippen molar-refractivity contribution in [3.8, 4) is 5.69 Å². The van der Waals surface area contributed by atoms with E-state index in [-0.39, 0.29) is 0 Å². The summed E-state index contributed by atoms with van der Waals surface area (Å²) in [5.41, 5.74) is 4.47. The highest BCUT2D eigenvalue weighted by Crippen LogP contribution is 2.23. The van der Waals surface area contributed by atoms with Crippen molar-refractivity contribution < 1.29 is 0 Å². The fourth-order valence-electron chi connectivity index (χ4n) is 1.95. The molecule has 0 aliphatic rings. The molecule has 2 rings (SSSR count). The van der Waals surface area contributed by atoms with Gasteiger partial charge in [-0.15, -0.1) is 0 Å². The molecule has 0 spiro atoms. The van der Waals surface area contributed by atoms with Gasteiger partial charge in [-0.3, -0.25) is 0 Å². The Hall–Kier alpha value is -1.32. The summed E-state index contributed by atoms with van der Waals surface area (Å²) >= 11 is 6.15. The van der Waals surface area contributed by atoms with Crippen LogP contribution in [0.25, 0.3) is 5.69 Å². The Kier molecular flexibility index (Phi) is 4.04. The van der Waals surface area contributed by atoms with E-state index in [1.807, 2.05) is 36.0 Å². The van der Waals surface area contributed by atoms with Crippen molar-refractivity contribution >= 4 is 11.6 Å². The summed E-state index contributed by atoms with van der Waals surface area (Å²) in [5.74, 6) is 0. The molecule has 0 saturated carbocycles. The SMILES string of the molecule is CCNCc1cnn(-c2cccc(Cl)c2C)c1C. The highest BCUT2D eigenvalue weighted by atomic mass is 35.5. The predicted molar refractivity (Wildman–Crippen MR) is 75.4 cm³/mol. The third-order valence-corrected chi connectivity index (χ3v) is 3.55. The summed E-state index contributed by atoms with van der Waals surface area (Å²) in [6.45, 7) is 8.01. The van der Waals surface area contributed by atoms with Gasteiger partial charge in [0, 0.05) is 22.8 Å². The van der Waals surface area contributed by atoms with Crippen molar-refractivity contribution in [3.63, 3.8) is 0 Å². The van der Waals surface area contributed by atoms with Gasteiger partial charge >= 0.3 is 0 Å². The van der Waals surface area contributed by atoms with Crippen LogP contribution in [0.3, 0.4) is 0 Å². The molecule has 0 aliphatic carbocycles. The first kappa shape index (κ1) is 13.1. The number of aromatic nitrogens is 2. The Balaban J connectivity index is 2.39. The van der Waals surface area contributed by atoms with Gasteiger partial charge in [-0.1, -0.05) is 24.6 Å². The van der Waals surface area contributed by atoms with Crippen molar-refractivity contribution in [1.82, 2.24) is 15.1 Å². The van der Waals surface area contributed by atoms with Crippen molar-refractivity contribution in [2.75, 3.05) is 6.54 Å². The summed E-state index contributed by atoms with van der Waals surface area (Å²) in [6, 6.07) is 5.90. The topological polar surface area (TPSA) is 29.9 Å². The van der Waals surface area contributed by atoms with Crippen LogP contribution in [0.5, 0.6) is 0 Å². The van der Waals surface area contributed by atoms with Crippen molar-refractivity contribution in [2.45, 2.75) is 27.3 Å². The number of nitrogens with zero attached hydrogens (tertiary/aromatic N) is 2. The summed E-state index contributed by atoms with van der Waals surface area (Å²) in [4.78, 5) is 0. The third-order valence-electron chi connectivity index (χ3n) is 3.14. The number of hydrogen-bond donors (Lipinski definition) is 1. The van der Waals surface area contributed by atoms with Crippen LogP contribution in [0.2, 0.25) is 5.02 Å². The molecule has 18 heavy (non-hydrogen) atoms. The van der Waals surface area contributed by atoms with E-state index in [9.17, 15) is 0 Å². The number of nitrogens with one attached hydrogen (secondary N) is 1. The zero-order valence-corrected chi connectivity index (χ0v) is 11.8. The first-order valence-corrected chi connectivity index (χ1v) is 6.52. The van der Waals surface area contributed by atoms with Gasteiger partial charge in [-0.05, 0) is 38.1 Å². The van der Waals surface area contributed by atoms with E-state index in [1.165, 1.54) is 5.56 Å². The molecular formula is C14H18ClN3. The van der Waals surface area contributed by atoms with Gasteiger partial charge in [0.05, 0.1) is 11.9 Å². The van der Waals surface area contributed by atoms with Crippen molar-refractivity contribution in [2.24, 2.45) is 0 Å². The molecule has 0 amide bonds. The monoisotopic (exact) mass is 263 g/mol. The number of benzene rings is 1. The lowest BCUT2D eigenvalue weighted by Crippen LogP contribution is -2.12. The highest BCUT2D eigenvalue weighted by molar-refractivity contribution is 6.31. The third kappa shape index (κ3) is 2.42. The van der Waals surface area contributed by atoms with Crippen LogP contribution in [0.4, 0.5) is 0 Å². The first-order chi connectivity index (χ1) is 8.65. The van der Waals surface area contributed by atoms with E-state index in [1.54, 1.807) is 0 Å². The number of hydrogen-bond acceptors (Lipinski definition) is 2. The minimum Gasteiger partial charge on any atom is -0.313 e. The largest absolute Gasteiger partial charge is 0.313 e. The maximum atomic E-state index is 6.15. The maximum Gasteiger partial charge on any atom is 0.0692 e. The molecule has 0 aliphatic heterocycles. The average molecular weight is 264 g/mol. The van der Waals surface area contributed by atoms with Gasteiger partial charge in [-0.25, -0.2) is 4.68 Å². The van der Waals surface area contributed by atoms with E-state index >= 15 is 0 Å². The zero-order valence-electron chi connectivity index (χ0n) is 11.0. The van der Waals surface area contributed by atoms with E-state index in [0.29, 0.717) is 0 Å². The minimum absolute atomic E-state index is 0.774. The van der Waals surface area contributed by atoms with Gasteiger partial charge in [0.2, 0.25) is 0 Å². The molecule has 1 aromatic carbocycles. The molecule has 96 valence electrons. The molecule has 1 aromatic heterocycles. The lowest BCUT2D eigenvalue weighted by atomic mass is 10.2. The smallest absolute Gasteiger partial charge is 0.0692 e. The van der Waals surface area contributed by atoms with Crippen LogP contribution >= 0.6 is 11.6 Å². The van der Waals surface area contributed by atoms with Crippen LogP contribution in [0, 0.1) is 13.8 Å². The van der Waals surface area contributed by atoms with E-state index in [4.69, 9.17) is 11.6 Å². The summed E-state index contributed by atoms with van der Waals surface area (Å²) in [6.07, 6.45) is 1.92. The first-order valence-electron chi connectivity index (χ1n) is 6.14. The Bertz CT molecular complexity index is 546. The lowest BCUT2D eigenvalue weighted by Gasteiger charge is -2.10. The minimum atomic E-state index is 0.774. The zero-order chi connectivity index (χ0) is 13.1. The van der Waals surface area contributed by atoms with Crippen molar-refractivity contribution in [3.05, 3.63) is 46.2 Å². The van der Waals surface area contributed by atoms with Crippen LogP contribution in [0.15, 0.2) is 24.4 Å². The number of rotatable bonds is 4. The molecule has 0 atom stereocenters. The van der Waals surface area contributed by atoms with Crippen LogP contribution in [-0.2, 0) is 6.54 Å². The van der Waals surface area contributed by atoms with Gasteiger partial charge in [0.25, 0.3) is 0 Å². The molecule has 4 heteroatoms. The molecule has 0 bridgehead atoms. The van der Waals surface area contributed by atoms with Crippen LogP contribution in [0.1, 0.15) is 23.7 Å². The Morgan fingerprint density at radius 1 is 1.33 bits per heavy atom. The fraction of sp³-hybridized carbons (Fsp3) is 0.357. The fourth-order valence-corrected chi connectivity index (χ4v) is 2.11. The molecular weight excluding hydrogens is 246 g/mol. The highest BCUT2D eigenvalue weighted by Gasteiger charge is 2.10. The summed E-state index contributed by atoms with van der Waals surface area (Å²) in [7, 11) is 0. The summed E-state index contributed by atoms with van der Waals surface area (Å²) < 4.78 is 1.95. The average Bonchev–Trinajstić information content (AvgIpc) is 2.72. The van der Waals surface area contributed by atoms with Crippen LogP contribution in [-0.4, -0.2) is 16.3 Å². The molecule has 2 aromatic rings. The number of halogens is 1. The van der Waals surface area contributed by atoms with E-state index < -0.39 is 0 Å². The van der Waals surface area contributed by atoms with Gasteiger partial charge in [0.1, 0.15) is 0 Å². The molecule has 0 fully saturated rings. The normalized spacial score (nSPS) is 10.9. The van der Waals surface area contributed by atoms with Crippen molar-refractivity contribution in [1.29, 1.82) is 0 Å². The lowest BCUT2D eigenvalue weighted by molar-refractivity contribution is 0.721. The maximum absolute atomic E-state index is 6.15. The van der Waals surface area contributed by atoms with Gasteiger partial charge in [-0.2, -0.15) is 5.10 Å². The second-order valence-corrected chi connectivity index (χ2v) is 4.74. The molecule has 1 N–H and O–H groups in total.